The highest BCUT2D eigenvalue weighted by Crippen LogP contribution is 2.15. The molecule has 2 nitrogen and oxygen atoms in total. The monoisotopic (exact) mass is 190 g/mol. The van der Waals surface area contributed by atoms with Crippen LogP contribution in [0.25, 0.3) is 0 Å². The standard InChI is InChI=1S/C12H14O2/c1-3-12(14-9-10(2)13)11-7-5-4-6-8-11/h1,4-8,10,12-13H,9H2,2H3/t10?,12-/m0/s1. The Hall–Kier alpha value is -1.30. The fourth-order valence-corrected chi connectivity index (χ4v) is 1.10. The summed E-state index contributed by atoms with van der Waals surface area (Å²) in [6.07, 6.45) is 4.47. The normalized spacial score (nSPS) is 14.4. The molecule has 0 fully saturated rings. The van der Waals surface area contributed by atoms with E-state index in [0.717, 1.165) is 5.56 Å². The van der Waals surface area contributed by atoms with Gasteiger partial charge in [-0.15, -0.1) is 6.42 Å². The van der Waals surface area contributed by atoms with E-state index >= 15 is 0 Å². The van der Waals surface area contributed by atoms with Crippen molar-refractivity contribution < 1.29 is 9.84 Å². The van der Waals surface area contributed by atoms with Gasteiger partial charge in [0, 0.05) is 0 Å². The number of benzene rings is 1. The predicted molar refractivity (Wildman–Crippen MR) is 55.6 cm³/mol. The lowest BCUT2D eigenvalue weighted by Crippen LogP contribution is -2.13. The second-order valence-electron chi connectivity index (χ2n) is 3.14. The van der Waals surface area contributed by atoms with Crippen molar-refractivity contribution in [3.05, 3.63) is 35.9 Å². The van der Waals surface area contributed by atoms with E-state index in [0.29, 0.717) is 0 Å². The van der Waals surface area contributed by atoms with Gasteiger partial charge in [-0.05, 0) is 12.5 Å². The SMILES string of the molecule is C#C[C@H](OCC(C)O)c1ccccc1. The molecular weight excluding hydrogens is 176 g/mol. The van der Waals surface area contributed by atoms with E-state index in [4.69, 9.17) is 16.3 Å². The fourth-order valence-electron chi connectivity index (χ4n) is 1.10. The molecule has 0 saturated heterocycles. The molecule has 1 rings (SSSR count). The number of aliphatic hydroxyl groups is 1. The number of aliphatic hydroxyl groups excluding tert-OH is 1. The van der Waals surface area contributed by atoms with Gasteiger partial charge < -0.3 is 9.84 Å². The minimum Gasteiger partial charge on any atom is -0.391 e. The van der Waals surface area contributed by atoms with E-state index in [-0.39, 0.29) is 12.7 Å². The lowest BCUT2D eigenvalue weighted by Gasteiger charge is -2.13. The molecule has 74 valence electrons. The second kappa shape index (κ2) is 5.43. The molecule has 0 aliphatic rings. The number of hydrogen-bond acceptors (Lipinski definition) is 2. The van der Waals surface area contributed by atoms with Crippen molar-refractivity contribution in [2.45, 2.75) is 19.1 Å². The van der Waals surface area contributed by atoms with Crippen molar-refractivity contribution in [1.29, 1.82) is 0 Å². The Morgan fingerprint density at radius 2 is 2.07 bits per heavy atom. The van der Waals surface area contributed by atoms with Crippen LogP contribution in [0.15, 0.2) is 30.3 Å². The van der Waals surface area contributed by atoms with Gasteiger partial charge in [0.15, 0.2) is 0 Å². The summed E-state index contributed by atoms with van der Waals surface area (Å²) in [5, 5.41) is 9.05. The highest BCUT2D eigenvalue weighted by Gasteiger charge is 2.08. The van der Waals surface area contributed by atoms with E-state index in [1.165, 1.54) is 0 Å². The molecule has 0 aliphatic carbocycles. The summed E-state index contributed by atoms with van der Waals surface area (Å²) in [5.74, 6) is 2.54. The largest absolute Gasteiger partial charge is 0.391 e. The van der Waals surface area contributed by atoms with E-state index in [9.17, 15) is 0 Å². The number of ether oxygens (including phenoxy) is 1. The molecular formula is C12H14O2. The molecule has 0 saturated carbocycles. The van der Waals surface area contributed by atoms with Crippen molar-refractivity contribution in [3.8, 4) is 12.3 Å². The molecule has 1 aromatic carbocycles. The quantitative estimate of drug-likeness (QED) is 0.733. The first-order chi connectivity index (χ1) is 6.74. The van der Waals surface area contributed by atoms with Crippen molar-refractivity contribution in [2.24, 2.45) is 0 Å². The molecule has 1 N–H and O–H groups in total. The van der Waals surface area contributed by atoms with Gasteiger partial charge in [-0.25, -0.2) is 0 Å². The topological polar surface area (TPSA) is 29.5 Å². The zero-order valence-electron chi connectivity index (χ0n) is 8.18. The third-order valence-electron chi connectivity index (χ3n) is 1.76. The van der Waals surface area contributed by atoms with E-state index in [1.54, 1.807) is 6.92 Å². The van der Waals surface area contributed by atoms with Crippen LogP contribution in [0.3, 0.4) is 0 Å². The maximum atomic E-state index is 9.05. The molecule has 2 heteroatoms. The molecule has 0 aromatic heterocycles. The molecule has 1 aromatic rings. The minimum atomic E-state index is -0.491. The zero-order valence-corrected chi connectivity index (χ0v) is 8.18. The van der Waals surface area contributed by atoms with Gasteiger partial charge in [-0.2, -0.15) is 0 Å². The van der Waals surface area contributed by atoms with E-state index < -0.39 is 6.10 Å². The van der Waals surface area contributed by atoms with Crippen LogP contribution in [0.5, 0.6) is 0 Å². The summed E-state index contributed by atoms with van der Waals surface area (Å²) in [5.41, 5.74) is 0.940. The molecule has 0 spiro atoms. The summed E-state index contributed by atoms with van der Waals surface area (Å²) < 4.78 is 5.35. The van der Waals surface area contributed by atoms with Crippen LogP contribution < -0.4 is 0 Å². The van der Waals surface area contributed by atoms with Crippen molar-refractivity contribution in [1.82, 2.24) is 0 Å². The predicted octanol–water partition coefficient (Wildman–Crippen LogP) is 1.76. The Morgan fingerprint density at radius 1 is 1.43 bits per heavy atom. The molecule has 0 bridgehead atoms. The van der Waals surface area contributed by atoms with Gasteiger partial charge in [0.25, 0.3) is 0 Å². The second-order valence-corrected chi connectivity index (χ2v) is 3.14. The Bertz CT molecular complexity index is 298. The van der Waals surface area contributed by atoms with Gasteiger partial charge in [-0.3, -0.25) is 0 Å². The first kappa shape index (κ1) is 10.8. The van der Waals surface area contributed by atoms with Crippen LogP contribution in [0.4, 0.5) is 0 Å². The fraction of sp³-hybridized carbons (Fsp3) is 0.333. The van der Waals surface area contributed by atoms with Crippen molar-refractivity contribution in [3.63, 3.8) is 0 Å². The van der Waals surface area contributed by atoms with Crippen molar-refractivity contribution in [2.75, 3.05) is 6.61 Å². The highest BCUT2D eigenvalue weighted by molar-refractivity contribution is 5.23. The molecule has 0 radical (unpaired) electrons. The number of terminal acetylenes is 1. The molecule has 0 heterocycles. The average Bonchev–Trinajstić information content (AvgIpc) is 2.20. The minimum absolute atomic E-state index is 0.254. The first-order valence-corrected chi connectivity index (χ1v) is 4.54. The summed E-state index contributed by atoms with van der Waals surface area (Å²) in [6.45, 7) is 1.92. The summed E-state index contributed by atoms with van der Waals surface area (Å²) >= 11 is 0. The van der Waals surface area contributed by atoms with Gasteiger partial charge in [-0.1, -0.05) is 36.3 Å². The number of rotatable bonds is 4. The van der Waals surface area contributed by atoms with E-state index in [1.807, 2.05) is 30.3 Å². The highest BCUT2D eigenvalue weighted by atomic mass is 16.5. The molecule has 0 amide bonds. The summed E-state index contributed by atoms with van der Waals surface area (Å²) in [7, 11) is 0. The van der Waals surface area contributed by atoms with Crippen LogP contribution in [0, 0.1) is 12.3 Å². The molecule has 2 atom stereocenters. The Balaban J connectivity index is 2.60. The van der Waals surface area contributed by atoms with Gasteiger partial charge in [0.05, 0.1) is 12.7 Å². The zero-order chi connectivity index (χ0) is 10.4. The average molecular weight is 190 g/mol. The third-order valence-corrected chi connectivity index (χ3v) is 1.76. The lowest BCUT2D eigenvalue weighted by molar-refractivity contribution is 0.0207. The van der Waals surface area contributed by atoms with E-state index in [2.05, 4.69) is 5.92 Å². The first-order valence-electron chi connectivity index (χ1n) is 4.54. The lowest BCUT2D eigenvalue weighted by atomic mass is 10.1. The maximum absolute atomic E-state index is 9.05. The Kier molecular flexibility index (Phi) is 4.18. The summed E-state index contributed by atoms with van der Waals surface area (Å²) in [4.78, 5) is 0. The van der Waals surface area contributed by atoms with Crippen molar-refractivity contribution >= 4 is 0 Å². The van der Waals surface area contributed by atoms with Crippen LogP contribution >= 0.6 is 0 Å². The van der Waals surface area contributed by atoms with Gasteiger partial charge >= 0.3 is 0 Å². The molecule has 0 aliphatic heterocycles. The van der Waals surface area contributed by atoms with Crippen LogP contribution in [0.1, 0.15) is 18.6 Å². The van der Waals surface area contributed by atoms with Crippen LogP contribution in [-0.2, 0) is 4.74 Å². The third kappa shape index (κ3) is 3.21. The van der Waals surface area contributed by atoms with Gasteiger partial charge in [0.2, 0.25) is 0 Å². The molecule has 14 heavy (non-hydrogen) atoms. The molecule has 1 unspecified atom stereocenters. The van der Waals surface area contributed by atoms with Gasteiger partial charge in [0.1, 0.15) is 6.10 Å². The number of hydrogen-bond donors (Lipinski definition) is 1. The van der Waals surface area contributed by atoms with Crippen LogP contribution in [-0.4, -0.2) is 17.8 Å². The smallest absolute Gasteiger partial charge is 0.143 e. The Morgan fingerprint density at radius 3 is 2.57 bits per heavy atom. The van der Waals surface area contributed by atoms with Crippen LogP contribution in [0.2, 0.25) is 0 Å². The Labute approximate surface area is 84.5 Å². The summed E-state index contributed by atoms with van der Waals surface area (Å²) in [6, 6.07) is 9.56. The maximum Gasteiger partial charge on any atom is 0.143 e.